The van der Waals surface area contributed by atoms with Crippen molar-refractivity contribution in [2.24, 2.45) is 5.73 Å². The van der Waals surface area contributed by atoms with E-state index in [9.17, 15) is 18.0 Å². The van der Waals surface area contributed by atoms with E-state index in [-0.39, 0.29) is 29.8 Å². The third-order valence-corrected chi connectivity index (χ3v) is 6.02. The minimum atomic E-state index is -3.63. The standard InChI is InChI=1S/C16H24N4O4S/c1-13(21)19-9-11-20(12-10-19)25(23,24)15-5-3-14(4-6-15)16(22)18-8-2-7-17/h3-6H,2,7-12,17H2,1H3,(H,18,22). The number of carbonyl (C=O) groups is 2. The molecule has 0 bridgehead atoms. The molecule has 0 radical (unpaired) electrons. The zero-order valence-corrected chi connectivity index (χ0v) is 15.1. The topological polar surface area (TPSA) is 113 Å². The van der Waals surface area contributed by atoms with Crippen LogP contribution in [0.4, 0.5) is 0 Å². The number of hydrogen-bond acceptors (Lipinski definition) is 5. The van der Waals surface area contributed by atoms with Gasteiger partial charge in [0.15, 0.2) is 0 Å². The lowest BCUT2D eigenvalue weighted by Crippen LogP contribution is -2.49. The molecule has 2 rings (SSSR count). The Hall–Kier alpha value is -1.97. The van der Waals surface area contributed by atoms with Crippen LogP contribution in [0.3, 0.4) is 0 Å². The normalized spacial score (nSPS) is 15.8. The summed E-state index contributed by atoms with van der Waals surface area (Å²) < 4.78 is 26.7. The molecule has 138 valence electrons. The Bertz CT molecular complexity index is 710. The molecule has 3 N–H and O–H groups in total. The number of hydrogen-bond donors (Lipinski definition) is 2. The first-order chi connectivity index (χ1) is 11.9. The van der Waals surface area contributed by atoms with Gasteiger partial charge >= 0.3 is 0 Å². The first kappa shape index (κ1) is 19.4. The summed E-state index contributed by atoms with van der Waals surface area (Å²) in [6.07, 6.45) is 0.685. The van der Waals surface area contributed by atoms with E-state index in [2.05, 4.69) is 5.32 Å². The van der Waals surface area contributed by atoms with Gasteiger partial charge < -0.3 is 16.0 Å². The largest absolute Gasteiger partial charge is 0.352 e. The molecule has 9 heteroatoms. The van der Waals surface area contributed by atoms with Crippen molar-refractivity contribution in [1.82, 2.24) is 14.5 Å². The van der Waals surface area contributed by atoms with Crippen LogP contribution < -0.4 is 11.1 Å². The van der Waals surface area contributed by atoms with Gasteiger partial charge in [0.1, 0.15) is 0 Å². The van der Waals surface area contributed by atoms with Gasteiger partial charge in [-0.3, -0.25) is 9.59 Å². The van der Waals surface area contributed by atoms with Crippen molar-refractivity contribution in [3.8, 4) is 0 Å². The van der Waals surface area contributed by atoms with Gasteiger partial charge in [-0.2, -0.15) is 4.31 Å². The number of carbonyl (C=O) groups excluding carboxylic acids is 2. The van der Waals surface area contributed by atoms with Crippen molar-refractivity contribution in [3.05, 3.63) is 29.8 Å². The highest BCUT2D eigenvalue weighted by molar-refractivity contribution is 7.89. The van der Waals surface area contributed by atoms with E-state index in [1.165, 1.54) is 35.5 Å². The van der Waals surface area contributed by atoms with Gasteiger partial charge in [0.25, 0.3) is 5.91 Å². The van der Waals surface area contributed by atoms with Crippen molar-refractivity contribution in [1.29, 1.82) is 0 Å². The molecule has 0 aliphatic carbocycles. The lowest BCUT2D eigenvalue weighted by atomic mass is 10.2. The lowest BCUT2D eigenvalue weighted by Gasteiger charge is -2.33. The third kappa shape index (κ3) is 4.77. The molecule has 0 saturated carbocycles. The molecule has 25 heavy (non-hydrogen) atoms. The monoisotopic (exact) mass is 368 g/mol. The number of piperazine rings is 1. The summed E-state index contributed by atoms with van der Waals surface area (Å²) in [5.41, 5.74) is 5.77. The van der Waals surface area contributed by atoms with E-state index in [0.717, 1.165) is 0 Å². The molecule has 1 saturated heterocycles. The van der Waals surface area contributed by atoms with E-state index < -0.39 is 10.0 Å². The van der Waals surface area contributed by atoms with Crippen molar-refractivity contribution >= 4 is 21.8 Å². The zero-order valence-electron chi connectivity index (χ0n) is 14.3. The Labute approximate surface area is 148 Å². The van der Waals surface area contributed by atoms with Crippen LogP contribution in [0, 0.1) is 0 Å². The van der Waals surface area contributed by atoms with E-state index in [1.54, 1.807) is 4.90 Å². The molecule has 0 unspecified atom stereocenters. The van der Waals surface area contributed by atoms with Gasteiger partial charge in [-0.1, -0.05) is 0 Å². The number of benzene rings is 1. The van der Waals surface area contributed by atoms with Gasteiger partial charge in [0.2, 0.25) is 15.9 Å². The van der Waals surface area contributed by atoms with Crippen molar-refractivity contribution in [3.63, 3.8) is 0 Å². The molecule has 1 heterocycles. The molecule has 2 amide bonds. The fraction of sp³-hybridized carbons (Fsp3) is 0.500. The van der Waals surface area contributed by atoms with Crippen molar-refractivity contribution in [2.45, 2.75) is 18.2 Å². The maximum atomic E-state index is 12.7. The fourth-order valence-corrected chi connectivity index (χ4v) is 4.00. The van der Waals surface area contributed by atoms with Gasteiger partial charge in [-0.25, -0.2) is 8.42 Å². The maximum absolute atomic E-state index is 12.7. The highest BCUT2D eigenvalue weighted by Crippen LogP contribution is 2.18. The van der Waals surface area contributed by atoms with Crippen LogP contribution in [-0.4, -0.2) is 68.7 Å². The van der Waals surface area contributed by atoms with Crippen LogP contribution in [0.1, 0.15) is 23.7 Å². The smallest absolute Gasteiger partial charge is 0.251 e. The molecule has 1 fully saturated rings. The first-order valence-corrected chi connectivity index (χ1v) is 9.64. The van der Waals surface area contributed by atoms with Gasteiger partial charge in [-0.05, 0) is 37.2 Å². The molecule has 1 aliphatic rings. The van der Waals surface area contributed by atoms with Crippen LogP contribution in [0.5, 0.6) is 0 Å². The van der Waals surface area contributed by atoms with Crippen LogP contribution in [0.15, 0.2) is 29.2 Å². The minimum Gasteiger partial charge on any atom is -0.352 e. The number of nitrogens with two attached hydrogens (primary N) is 1. The van der Waals surface area contributed by atoms with Gasteiger partial charge in [0, 0.05) is 45.2 Å². The van der Waals surface area contributed by atoms with Crippen molar-refractivity contribution in [2.75, 3.05) is 39.3 Å². The van der Waals surface area contributed by atoms with Crippen LogP contribution in [0.2, 0.25) is 0 Å². The highest BCUT2D eigenvalue weighted by atomic mass is 32.2. The van der Waals surface area contributed by atoms with Crippen LogP contribution in [0.25, 0.3) is 0 Å². The summed E-state index contributed by atoms with van der Waals surface area (Å²) in [5.74, 6) is -0.311. The number of sulfonamides is 1. The van der Waals surface area contributed by atoms with Gasteiger partial charge in [0.05, 0.1) is 4.90 Å². The number of nitrogens with one attached hydrogen (secondary N) is 1. The Morgan fingerprint density at radius 3 is 2.24 bits per heavy atom. The summed E-state index contributed by atoms with van der Waals surface area (Å²) in [4.78, 5) is 25.0. The molecule has 1 aromatic carbocycles. The fourth-order valence-electron chi connectivity index (χ4n) is 2.58. The van der Waals surface area contributed by atoms with Crippen LogP contribution in [-0.2, 0) is 14.8 Å². The summed E-state index contributed by atoms with van der Waals surface area (Å²) in [7, 11) is -3.63. The minimum absolute atomic E-state index is 0.0537. The van der Waals surface area contributed by atoms with Gasteiger partial charge in [-0.15, -0.1) is 0 Å². The lowest BCUT2D eigenvalue weighted by molar-refractivity contribution is -0.129. The number of nitrogens with zero attached hydrogens (tertiary/aromatic N) is 2. The molecule has 0 spiro atoms. The zero-order chi connectivity index (χ0) is 18.4. The van der Waals surface area contributed by atoms with E-state index in [1.807, 2.05) is 0 Å². The maximum Gasteiger partial charge on any atom is 0.251 e. The molecule has 1 aliphatic heterocycles. The second-order valence-corrected chi connectivity index (χ2v) is 7.77. The summed E-state index contributed by atoms with van der Waals surface area (Å²) >= 11 is 0. The Morgan fingerprint density at radius 1 is 1.12 bits per heavy atom. The average molecular weight is 368 g/mol. The van der Waals surface area contributed by atoms with E-state index in [0.29, 0.717) is 38.2 Å². The first-order valence-electron chi connectivity index (χ1n) is 8.20. The predicted molar refractivity (Wildman–Crippen MR) is 93.5 cm³/mol. The predicted octanol–water partition coefficient (Wildman–Crippen LogP) is -0.382. The Kier molecular flexibility index (Phi) is 6.51. The second-order valence-electron chi connectivity index (χ2n) is 5.83. The summed E-state index contributed by atoms with van der Waals surface area (Å²) in [5, 5.41) is 2.72. The molecule has 1 aromatic rings. The second kappa shape index (κ2) is 8.41. The van der Waals surface area contributed by atoms with Crippen molar-refractivity contribution < 1.29 is 18.0 Å². The highest BCUT2D eigenvalue weighted by Gasteiger charge is 2.29. The van der Waals surface area contributed by atoms with E-state index >= 15 is 0 Å². The SMILES string of the molecule is CC(=O)N1CCN(S(=O)(=O)c2ccc(C(=O)NCCCN)cc2)CC1. The molecular weight excluding hydrogens is 344 g/mol. The van der Waals surface area contributed by atoms with E-state index in [4.69, 9.17) is 5.73 Å². The molecular formula is C16H24N4O4S. The summed E-state index contributed by atoms with van der Waals surface area (Å²) in [6.45, 7) is 3.75. The molecule has 8 nitrogen and oxygen atoms in total. The third-order valence-electron chi connectivity index (χ3n) is 4.10. The molecule has 0 atom stereocenters. The number of rotatable bonds is 6. The average Bonchev–Trinajstić information content (AvgIpc) is 2.62. The quantitative estimate of drug-likeness (QED) is 0.665. The van der Waals surface area contributed by atoms with Crippen LogP contribution >= 0.6 is 0 Å². The number of amides is 2. The molecule has 0 aromatic heterocycles. The Morgan fingerprint density at radius 2 is 1.72 bits per heavy atom. The Balaban J connectivity index is 2.03. The summed E-state index contributed by atoms with van der Waals surface area (Å²) in [6, 6.07) is 5.86.